The second-order valence-corrected chi connectivity index (χ2v) is 10.7. The molecule has 5 rings (SSSR count). The Morgan fingerprint density at radius 1 is 1.14 bits per heavy atom. The number of carbonyl (C=O) groups is 1. The van der Waals surface area contributed by atoms with Crippen molar-refractivity contribution in [1.29, 1.82) is 0 Å². The van der Waals surface area contributed by atoms with E-state index in [1.807, 2.05) is 39.9 Å². The standard InChI is InChI=1S/C30H38ClN5O6/c1-2-39-28(37)17-33-29(38)36-15-13-35(14-16-36)24-9-7-23(8-10-24)18-40-25-19-41-30(42-20-25,21-34-12-11-32-22-34)26-5-3-4-6-27(26)31/h3-12,22,25,29,33,38H,2,13-21H2,1H3. The van der Waals surface area contributed by atoms with Crippen molar-refractivity contribution in [1.82, 2.24) is 19.8 Å². The van der Waals surface area contributed by atoms with E-state index in [1.165, 1.54) is 0 Å². The van der Waals surface area contributed by atoms with Gasteiger partial charge in [-0.1, -0.05) is 41.9 Å². The molecule has 0 amide bonds. The number of benzene rings is 2. The van der Waals surface area contributed by atoms with Crippen LogP contribution in [0.15, 0.2) is 67.3 Å². The Bertz CT molecular complexity index is 1260. The third-order valence-corrected chi connectivity index (χ3v) is 7.75. The topological polar surface area (TPSA) is 111 Å². The summed E-state index contributed by atoms with van der Waals surface area (Å²) in [7, 11) is 0. The summed E-state index contributed by atoms with van der Waals surface area (Å²) in [5, 5.41) is 13.7. The summed E-state index contributed by atoms with van der Waals surface area (Å²) in [5.41, 5.74) is 2.94. The Morgan fingerprint density at radius 2 is 1.88 bits per heavy atom. The number of halogens is 1. The number of piperazine rings is 1. The van der Waals surface area contributed by atoms with Crippen LogP contribution in [0.25, 0.3) is 0 Å². The average Bonchev–Trinajstić information content (AvgIpc) is 3.53. The van der Waals surface area contributed by atoms with Crippen LogP contribution >= 0.6 is 11.6 Å². The zero-order valence-electron chi connectivity index (χ0n) is 23.7. The van der Waals surface area contributed by atoms with Crippen molar-refractivity contribution >= 4 is 23.3 Å². The number of aliphatic hydroxyl groups is 1. The van der Waals surface area contributed by atoms with Crippen molar-refractivity contribution in [2.24, 2.45) is 0 Å². The Hall–Kier alpha value is -3.03. The number of rotatable bonds is 12. The first kappa shape index (κ1) is 30.4. The molecule has 0 saturated carbocycles. The lowest BCUT2D eigenvalue weighted by molar-refractivity contribution is -0.313. The first-order valence-electron chi connectivity index (χ1n) is 14.2. The summed E-state index contributed by atoms with van der Waals surface area (Å²) in [6.45, 7) is 6.49. The fourth-order valence-corrected chi connectivity index (χ4v) is 5.40. The molecule has 0 radical (unpaired) electrons. The molecule has 2 aliphatic rings. The number of nitrogens with zero attached hydrogens (tertiary/aromatic N) is 4. The van der Waals surface area contributed by atoms with Gasteiger partial charge in [0.25, 0.3) is 0 Å². The maximum Gasteiger partial charge on any atom is 0.320 e. The van der Waals surface area contributed by atoms with E-state index >= 15 is 0 Å². The molecule has 0 aliphatic carbocycles. The predicted octanol–water partition coefficient (Wildman–Crippen LogP) is 2.57. The second-order valence-electron chi connectivity index (χ2n) is 10.3. The molecule has 11 nitrogen and oxygen atoms in total. The maximum atomic E-state index is 11.5. The minimum absolute atomic E-state index is 0.0222. The molecule has 1 aromatic heterocycles. The van der Waals surface area contributed by atoms with Crippen LogP contribution in [-0.2, 0) is 42.7 Å². The molecule has 0 bridgehead atoms. The van der Waals surface area contributed by atoms with Crippen LogP contribution in [0.3, 0.4) is 0 Å². The van der Waals surface area contributed by atoms with Crippen LogP contribution < -0.4 is 10.2 Å². The number of esters is 1. The number of anilines is 1. The Labute approximate surface area is 250 Å². The molecule has 42 heavy (non-hydrogen) atoms. The van der Waals surface area contributed by atoms with Gasteiger partial charge in [-0.25, -0.2) is 4.98 Å². The first-order valence-corrected chi connectivity index (χ1v) is 14.6. The van der Waals surface area contributed by atoms with Gasteiger partial charge >= 0.3 is 5.97 Å². The third kappa shape index (κ3) is 7.67. The van der Waals surface area contributed by atoms with Crippen LogP contribution in [0.5, 0.6) is 0 Å². The molecule has 2 aromatic carbocycles. The number of hydrogen-bond acceptors (Lipinski definition) is 10. The molecule has 3 aromatic rings. The van der Waals surface area contributed by atoms with Gasteiger partial charge < -0.3 is 33.5 Å². The highest BCUT2D eigenvalue weighted by Crippen LogP contribution is 2.37. The molecular weight excluding hydrogens is 562 g/mol. The monoisotopic (exact) mass is 599 g/mol. The van der Waals surface area contributed by atoms with Gasteiger partial charge in [0.1, 0.15) is 6.10 Å². The number of carbonyl (C=O) groups excluding carboxylic acids is 1. The number of hydrogen-bond donors (Lipinski definition) is 2. The van der Waals surface area contributed by atoms with Crippen LogP contribution in [-0.4, -0.2) is 90.5 Å². The Kier molecular flexibility index (Phi) is 10.5. The second kappa shape index (κ2) is 14.4. The van der Waals surface area contributed by atoms with Crippen molar-refractivity contribution < 1.29 is 28.8 Å². The normalized spacial score (nSPS) is 22.2. The van der Waals surface area contributed by atoms with Crippen LogP contribution in [0, 0.1) is 0 Å². The summed E-state index contributed by atoms with van der Waals surface area (Å²) in [6, 6.07) is 15.9. The number of ether oxygens (including phenoxy) is 4. The van der Waals surface area contributed by atoms with Crippen LogP contribution in [0.2, 0.25) is 5.02 Å². The fourth-order valence-electron chi connectivity index (χ4n) is 5.12. The lowest BCUT2D eigenvalue weighted by atomic mass is 10.0. The van der Waals surface area contributed by atoms with Crippen molar-refractivity contribution in [2.45, 2.75) is 38.3 Å². The number of aromatic nitrogens is 2. The van der Waals surface area contributed by atoms with E-state index in [-0.39, 0.29) is 18.6 Å². The first-order chi connectivity index (χ1) is 20.5. The summed E-state index contributed by atoms with van der Waals surface area (Å²) < 4.78 is 25.6. The maximum absolute atomic E-state index is 11.5. The van der Waals surface area contributed by atoms with Crippen molar-refractivity contribution in [3.8, 4) is 0 Å². The minimum atomic E-state index is -1.03. The van der Waals surface area contributed by atoms with Gasteiger partial charge in [0, 0.05) is 54.8 Å². The van der Waals surface area contributed by atoms with Gasteiger partial charge in [-0.2, -0.15) is 0 Å². The van der Waals surface area contributed by atoms with Crippen LogP contribution in [0.1, 0.15) is 18.1 Å². The van der Waals surface area contributed by atoms with Crippen molar-refractivity contribution in [3.05, 3.63) is 83.4 Å². The molecule has 226 valence electrons. The third-order valence-electron chi connectivity index (χ3n) is 7.42. The zero-order valence-corrected chi connectivity index (χ0v) is 24.5. The Morgan fingerprint density at radius 3 is 2.55 bits per heavy atom. The highest BCUT2D eigenvalue weighted by atomic mass is 35.5. The number of nitrogens with one attached hydrogen (secondary N) is 1. The minimum Gasteiger partial charge on any atom is -0.465 e. The predicted molar refractivity (Wildman–Crippen MR) is 157 cm³/mol. The van der Waals surface area contributed by atoms with E-state index in [4.69, 9.17) is 30.5 Å². The largest absolute Gasteiger partial charge is 0.465 e. The molecule has 1 atom stereocenters. The SMILES string of the molecule is CCOC(=O)CNC(O)N1CCN(c2ccc(COC3COC(Cn4ccnc4)(c4ccccc4Cl)OC3)cc2)CC1. The van der Waals surface area contributed by atoms with E-state index in [1.54, 1.807) is 19.4 Å². The van der Waals surface area contributed by atoms with E-state index in [0.717, 1.165) is 29.9 Å². The molecular formula is C30H38ClN5O6. The van der Waals surface area contributed by atoms with E-state index in [9.17, 15) is 9.90 Å². The molecule has 2 fully saturated rings. The average molecular weight is 600 g/mol. The zero-order chi connectivity index (χ0) is 29.4. The van der Waals surface area contributed by atoms with Gasteiger partial charge in [0.15, 0.2) is 6.35 Å². The van der Waals surface area contributed by atoms with Crippen molar-refractivity contribution in [2.75, 3.05) is 57.4 Å². The molecule has 2 N–H and O–H groups in total. The molecule has 2 saturated heterocycles. The highest BCUT2D eigenvalue weighted by Gasteiger charge is 2.41. The highest BCUT2D eigenvalue weighted by molar-refractivity contribution is 6.31. The molecule has 12 heteroatoms. The van der Waals surface area contributed by atoms with E-state index in [2.05, 4.69) is 39.5 Å². The van der Waals surface area contributed by atoms with Gasteiger partial charge in [0.2, 0.25) is 5.79 Å². The Balaban J connectivity index is 1.08. The molecule has 3 heterocycles. The number of imidazole rings is 1. The smallest absolute Gasteiger partial charge is 0.320 e. The van der Waals surface area contributed by atoms with Gasteiger partial charge in [-0.15, -0.1) is 0 Å². The summed E-state index contributed by atoms with van der Waals surface area (Å²) >= 11 is 6.54. The molecule has 1 unspecified atom stereocenters. The fraction of sp³-hybridized carbons (Fsp3) is 0.467. The molecule has 0 spiro atoms. The lowest BCUT2D eigenvalue weighted by Gasteiger charge is -2.40. The number of aliphatic hydroxyl groups excluding tert-OH is 1. The van der Waals surface area contributed by atoms with Crippen LogP contribution in [0.4, 0.5) is 5.69 Å². The quantitative estimate of drug-likeness (QED) is 0.238. The van der Waals surface area contributed by atoms with E-state index in [0.29, 0.717) is 51.1 Å². The van der Waals surface area contributed by atoms with Crippen molar-refractivity contribution in [3.63, 3.8) is 0 Å². The van der Waals surface area contributed by atoms with E-state index < -0.39 is 12.1 Å². The lowest BCUT2D eigenvalue weighted by Crippen LogP contribution is -2.55. The summed E-state index contributed by atoms with van der Waals surface area (Å²) in [6.07, 6.45) is 4.21. The molecule has 2 aliphatic heterocycles. The van der Waals surface area contributed by atoms with Gasteiger partial charge in [0.05, 0.1) is 45.8 Å². The summed E-state index contributed by atoms with van der Waals surface area (Å²) in [5.74, 6) is -1.41. The van der Waals surface area contributed by atoms with Gasteiger partial charge in [-0.3, -0.25) is 15.0 Å². The summed E-state index contributed by atoms with van der Waals surface area (Å²) in [4.78, 5) is 19.8. The van der Waals surface area contributed by atoms with Gasteiger partial charge in [-0.05, 0) is 30.7 Å².